The smallest absolute Gasteiger partial charge is 0.255 e. The second kappa shape index (κ2) is 10.4. The normalized spacial score (nSPS) is 20.4. The number of carbonyl (C=O) groups excluding carboxylic acids is 3. The molecule has 3 amide bonds. The van der Waals surface area contributed by atoms with Gasteiger partial charge in [0, 0.05) is 36.4 Å². The molecule has 2 fully saturated rings. The Balaban J connectivity index is 1.06. The Hall–Kier alpha value is -3.97. The molecular formula is C31H32N4O3. The molecule has 0 radical (unpaired) electrons. The highest BCUT2D eigenvalue weighted by atomic mass is 16.2. The van der Waals surface area contributed by atoms with E-state index in [0.29, 0.717) is 24.4 Å². The number of fused-ring (bicyclic) bond motifs is 1. The minimum atomic E-state index is -0.569. The minimum Gasteiger partial charge on any atom is -0.356 e. The molecule has 0 spiro atoms. The molecule has 6 rings (SSSR count). The molecule has 0 saturated carbocycles. The lowest BCUT2D eigenvalue weighted by Crippen LogP contribution is -2.52. The topological polar surface area (TPSA) is 81.8 Å². The third-order valence-electron chi connectivity index (χ3n) is 8.00. The first-order chi connectivity index (χ1) is 18.5. The van der Waals surface area contributed by atoms with E-state index in [2.05, 4.69) is 64.1 Å². The molecule has 1 unspecified atom stereocenters. The molecule has 3 aliphatic rings. The number of hydrogen-bond acceptors (Lipinski definition) is 5. The second-order valence-corrected chi connectivity index (χ2v) is 10.6. The van der Waals surface area contributed by atoms with Crippen molar-refractivity contribution >= 4 is 29.1 Å². The van der Waals surface area contributed by atoms with Gasteiger partial charge in [-0.3, -0.25) is 24.6 Å². The monoisotopic (exact) mass is 508 g/mol. The summed E-state index contributed by atoms with van der Waals surface area (Å²) in [4.78, 5) is 41.0. The summed E-state index contributed by atoms with van der Waals surface area (Å²) in [7, 11) is 0. The maximum atomic E-state index is 13.0. The summed E-state index contributed by atoms with van der Waals surface area (Å²) in [6.45, 7) is 3.41. The Morgan fingerprint density at radius 2 is 1.63 bits per heavy atom. The van der Waals surface area contributed by atoms with Crippen molar-refractivity contribution < 1.29 is 14.4 Å². The number of imide groups is 1. The number of hydrogen-bond donors (Lipinski definition) is 2. The van der Waals surface area contributed by atoms with Gasteiger partial charge < -0.3 is 10.2 Å². The van der Waals surface area contributed by atoms with Gasteiger partial charge in [0.05, 0.1) is 0 Å². The zero-order chi connectivity index (χ0) is 26.1. The van der Waals surface area contributed by atoms with Crippen LogP contribution in [-0.2, 0) is 22.7 Å². The summed E-state index contributed by atoms with van der Waals surface area (Å²) >= 11 is 0. The van der Waals surface area contributed by atoms with E-state index < -0.39 is 6.04 Å². The van der Waals surface area contributed by atoms with Crippen LogP contribution in [0.25, 0.3) is 0 Å². The molecular weight excluding hydrogens is 476 g/mol. The van der Waals surface area contributed by atoms with Crippen LogP contribution in [0, 0.1) is 0 Å². The van der Waals surface area contributed by atoms with Crippen molar-refractivity contribution in [2.75, 3.05) is 18.4 Å². The molecule has 3 aromatic carbocycles. The molecule has 2 saturated heterocycles. The molecule has 3 aromatic rings. The average molecular weight is 509 g/mol. The molecule has 7 heteroatoms. The fourth-order valence-corrected chi connectivity index (χ4v) is 5.97. The summed E-state index contributed by atoms with van der Waals surface area (Å²) < 4.78 is 0. The zero-order valence-electron chi connectivity index (χ0n) is 21.4. The van der Waals surface area contributed by atoms with E-state index in [1.807, 2.05) is 24.3 Å². The third kappa shape index (κ3) is 5.07. The van der Waals surface area contributed by atoms with Crippen molar-refractivity contribution in [3.05, 3.63) is 95.1 Å². The number of likely N-dealkylation sites (tertiary alicyclic amines) is 1. The van der Waals surface area contributed by atoms with Crippen molar-refractivity contribution in [1.29, 1.82) is 0 Å². The van der Waals surface area contributed by atoms with E-state index in [9.17, 15) is 14.4 Å². The molecule has 1 atom stereocenters. The van der Waals surface area contributed by atoms with E-state index in [1.54, 1.807) is 4.90 Å². The summed E-state index contributed by atoms with van der Waals surface area (Å²) in [5, 5.41) is 5.85. The fourth-order valence-electron chi connectivity index (χ4n) is 5.97. The Bertz CT molecular complexity index is 1360. The lowest BCUT2D eigenvalue weighted by molar-refractivity contribution is -0.136. The van der Waals surface area contributed by atoms with Gasteiger partial charge in [0.2, 0.25) is 11.8 Å². The number of piperidine rings is 2. The number of amides is 3. The standard InChI is InChI=1S/C31H32N4O3/c36-29-12-11-28(30(37)33-29)35-20-24-18-23(9-10-27(24)31(35)38)22-13-15-34(16-14-22)19-21-5-4-8-26(17-21)32-25-6-2-1-3-7-25/h1-10,17-18,22,28,32H,11-16,19-20H2,(H,33,36,37). The van der Waals surface area contributed by atoms with Gasteiger partial charge in [0.15, 0.2) is 0 Å². The first-order valence-corrected chi connectivity index (χ1v) is 13.4. The predicted molar refractivity (Wildman–Crippen MR) is 146 cm³/mol. The van der Waals surface area contributed by atoms with Gasteiger partial charge in [0.1, 0.15) is 6.04 Å². The molecule has 194 valence electrons. The van der Waals surface area contributed by atoms with Crippen LogP contribution in [0.15, 0.2) is 72.8 Å². The van der Waals surface area contributed by atoms with Crippen molar-refractivity contribution in [2.45, 2.75) is 50.7 Å². The molecule has 7 nitrogen and oxygen atoms in total. The van der Waals surface area contributed by atoms with Crippen molar-refractivity contribution in [3.8, 4) is 0 Å². The van der Waals surface area contributed by atoms with Crippen LogP contribution in [0.4, 0.5) is 11.4 Å². The number of rotatable bonds is 6. The molecule has 3 aliphatic heterocycles. The molecule has 3 heterocycles. The van der Waals surface area contributed by atoms with E-state index in [-0.39, 0.29) is 24.1 Å². The third-order valence-corrected chi connectivity index (χ3v) is 8.00. The lowest BCUT2D eigenvalue weighted by Gasteiger charge is -2.32. The van der Waals surface area contributed by atoms with Gasteiger partial charge in [-0.25, -0.2) is 0 Å². The van der Waals surface area contributed by atoms with Crippen LogP contribution >= 0.6 is 0 Å². The van der Waals surface area contributed by atoms with Crippen LogP contribution in [0.1, 0.15) is 58.6 Å². The van der Waals surface area contributed by atoms with Crippen molar-refractivity contribution in [2.24, 2.45) is 0 Å². The summed E-state index contributed by atoms with van der Waals surface area (Å²) in [5.41, 5.74) is 6.43. The minimum absolute atomic E-state index is 0.111. The van der Waals surface area contributed by atoms with Crippen molar-refractivity contribution in [1.82, 2.24) is 15.1 Å². The highest BCUT2D eigenvalue weighted by Crippen LogP contribution is 2.34. The highest BCUT2D eigenvalue weighted by Gasteiger charge is 2.39. The van der Waals surface area contributed by atoms with Crippen molar-refractivity contribution in [3.63, 3.8) is 0 Å². The maximum absolute atomic E-state index is 13.0. The van der Waals surface area contributed by atoms with Gasteiger partial charge in [-0.05, 0) is 85.3 Å². The lowest BCUT2D eigenvalue weighted by atomic mass is 9.87. The molecule has 38 heavy (non-hydrogen) atoms. The van der Waals surface area contributed by atoms with E-state index >= 15 is 0 Å². The number of benzene rings is 3. The van der Waals surface area contributed by atoms with Gasteiger partial charge in [-0.15, -0.1) is 0 Å². The van der Waals surface area contributed by atoms with E-state index in [0.717, 1.165) is 49.4 Å². The first kappa shape index (κ1) is 24.4. The number of nitrogens with zero attached hydrogens (tertiary/aromatic N) is 2. The maximum Gasteiger partial charge on any atom is 0.255 e. The van der Waals surface area contributed by atoms with Gasteiger partial charge in [-0.2, -0.15) is 0 Å². The quantitative estimate of drug-likeness (QED) is 0.477. The summed E-state index contributed by atoms with van der Waals surface area (Å²) in [5.74, 6) is -0.279. The highest BCUT2D eigenvalue weighted by molar-refractivity contribution is 6.05. The van der Waals surface area contributed by atoms with Gasteiger partial charge in [0.25, 0.3) is 5.91 Å². The van der Waals surface area contributed by atoms with E-state index in [4.69, 9.17) is 0 Å². The SMILES string of the molecule is O=C1CCC(N2Cc3cc(C4CCN(Cc5cccc(Nc6ccccc6)c5)CC4)ccc3C2=O)C(=O)N1. The second-order valence-electron chi connectivity index (χ2n) is 10.6. The predicted octanol–water partition coefficient (Wildman–Crippen LogP) is 4.57. The number of para-hydroxylation sites is 1. The first-order valence-electron chi connectivity index (χ1n) is 13.4. The number of carbonyl (C=O) groups is 3. The fraction of sp³-hybridized carbons (Fsp3) is 0.323. The molecule has 0 aromatic heterocycles. The van der Waals surface area contributed by atoms with Crippen LogP contribution < -0.4 is 10.6 Å². The Labute approximate surface area is 222 Å². The van der Waals surface area contributed by atoms with Crippen LogP contribution in [0.3, 0.4) is 0 Å². The number of nitrogens with one attached hydrogen (secondary N) is 2. The molecule has 2 N–H and O–H groups in total. The number of anilines is 2. The average Bonchev–Trinajstić information content (AvgIpc) is 3.25. The Kier molecular flexibility index (Phi) is 6.68. The molecule has 0 bridgehead atoms. The summed E-state index contributed by atoms with van der Waals surface area (Å²) in [6.07, 6.45) is 2.81. The van der Waals surface area contributed by atoms with E-state index in [1.165, 1.54) is 11.1 Å². The summed E-state index contributed by atoms with van der Waals surface area (Å²) in [6, 6.07) is 24.5. The Morgan fingerprint density at radius 1 is 0.842 bits per heavy atom. The zero-order valence-corrected chi connectivity index (χ0v) is 21.4. The van der Waals surface area contributed by atoms with Gasteiger partial charge >= 0.3 is 0 Å². The van der Waals surface area contributed by atoms with Crippen LogP contribution in [0.2, 0.25) is 0 Å². The van der Waals surface area contributed by atoms with Crippen LogP contribution in [0.5, 0.6) is 0 Å². The largest absolute Gasteiger partial charge is 0.356 e. The molecule has 0 aliphatic carbocycles. The van der Waals surface area contributed by atoms with Gasteiger partial charge in [-0.1, -0.05) is 42.5 Å². The Morgan fingerprint density at radius 3 is 2.42 bits per heavy atom. The van der Waals surface area contributed by atoms with Crippen LogP contribution in [-0.4, -0.2) is 46.7 Å².